The van der Waals surface area contributed by atoms with Crippen molar-refractivity contribution in [3.8, 4) is 89.5 Å². The van der Waals surface area contributed by atoms with Crippen molar-refractivity contribution in [3.63, 3.8) is 0 Å². The molecule has 0 atom stereocenters. The summed E-state index contributed by atoms with van der Waals surface area (Å²) in [5.41, 5.74) is 17.9. The topological polar surface area (TPSA) is 25.8 Å². The Bertz CT molecular complexity index is 2720. The van der Waals surface area contributed by atoms with E-state index in [1.807, 2.05) is 24.3 Å². The van der Waals surface area contributed by atoms with Gasteiger partial charge in [0.25, 0.3) is 0 Å². The second kappa shape index (κ2) is 15.1. The van der Waals surface area contributed by atoms with Crippen LogP contribution >= 0.6 is 0 Å². The molecule has 55 heavy (non-hydrogen) atoms. The van der Waals surface area contributed by atoms with Gasteiger partial charge in [-0.2, -0.15) is 0 Å². The minimum absolute atomic E-state index is 0.717. The van der Waals surface area contributed by atoms with E-state index in [2.05, 4.69) is 195 Å². The highest BCUT2D eigenvalue weighted by molar-refractivity contribution is 5.96. The summed E-state index contributed by atoms with van der Waals surface area (Å²) < 4.78 is 0. The minimum Gasteiger partial charge on any atom is -0.228 e. The van der Waals surface area contributed by atoms with Crippen molar-refractivity contribution in [3.05, 3.63) is 218 Å². The van der Waals surface area contributed by atoms with Crippen molar-refractivity contribution in [1.29, 1.82) is 0 Å². The average Bonchev–Trinajstić information content (AvgIpc) is 3.27. The smallest absolute Gasteiger partial charge is 0.160 e. The minimum atomic E-state index is 0.717. The van der Waals surface area contributed by atoms with Gasteiger partial charge in [-0.1, -0.05) is 188 Å². The standard InChI is InChI=1S/C53H38N2/c1-37-51(41-25-13-5-14-26-41)54-53(42-27-15-6-16-28-42)55-52(37)46-32-18-30-44(34-46)43-29-17-31-45(33-43)50-36-48(39-21-9-3-10-22-39)47(38-19-7-2-8-20-38)35-49(50)40-23-11-4-12-24-40/h2-36H,1H3. The molecule has 0 aliphatic carbocycles. The normalized spacial score (nSPS) is 11.0. The molecule has 0 bridgehead atoms. The molecule has 9 rings (SSSR count). The summed E-state index contributed by atoms with van der Waals surface area (Å²) in [6.45, 7) is 2.13. The predicted octanol–water partition coefficient (Wildman–Crippen LogP) is 14.1. The molecule has 0 saturated heterocycles. The van der Waals surface area contributed by atoms with Crippen LogP contribution in [0.15, 0.2) is 212 Å². The lowest BCUT2D eigenvalue weighted by molar-refractivity contribution is 1.15. The van der Waals surface area contributed by atoms with Crippen molar-refractivity contribution in [2.75, 3.05) is 0 Å². The van der Waals surface area contributed by atoms with E-state index >= 15 is 0 Å². The zero-order valence-corrected chi connectivity index (χ0v) is 30.6. The van der Waals surface area contributed by atoms with Gasteiger partial charge in [0.15, 0.2) is 5.82 Å². The summed E-state index contributed by atoms with van der Waals surface area (Å²) in [6.07, 6.45) is 0. The van der Waals surface area contributed by atoms with Gasteiger partial charge in [-0.25, -0.2) is 9.97 Å². The fraction of sp³-hybridized carbons (Fsp3) is 0.0189. The van der Waals surface area contributed by atoms with Crippen molar-refractivity contribution in [1.82, 2.24) is 9.97 Å². The molecule has 0 N–H and O–H groups in total. The number of nitrogens with zero attached hydrogens (tertiary/aromatic N) is 2. The first-order valence-corrected chi connectivity index (χ1v) is 18.7. The van der Waals surface area contributed by atoms with Crippen LogP contribution in [-0.4, -0.2) is 9.97 Å². The lowest BCUT2D eigenvalue weighted by Crippen LogP contribution is -2.00. The van der Waals surface area contributed by atoms with Crippen LogP contribution in [0.1, 0.15) is 5.56 Å². The summed E-state index contributed by atoms with van der Waals surface area (Å²) in [7, 11) is 0. The van der Waals surface area contributed by atoms with Gasteiger partial charge in [-0.15, -0.1) is 0 Å². The average molecular weight is 703 g/mol. The fourth-order valence-corrected chi connectivity index (χ4v) is 7.51. The zero-order valence-electron chi connectivity index (χ0n) is 30.6. The summed E-state index contributed by atoms with van der Waals surface area (Å²) in [5.74, 6) is 0.717. The van der Waals surface area contributed by atoms with Gasteiger partial charge in [0.2, 0.25) is 0 Å². The summed E-state index contributed by atoms with van der Waals surface area (Å²) >= 11 is 0. The molecular weight excluding hydrogens is 665 g/mol. The van der Waals surface area contributed by atoms with Gasteiger partial charge in [0.05, 0.1) is 11.4 Å². The van der Waals surface area contributed by atoms with E-state index in [4.69, 9.17) is 9.97 Å². The highest BCUT2D eigenvalue weighted by atomic mass is 14.9. The van der Waals surface area contributed by atoms with Crippen LogP contribution in [0.2, 0.25) is 0 Å². The molecule has 2 nitrogen and oxygen atoms in total. The highest BCUT2D eigenvalue weighted by Gasteiger charge is 2.18. The van der Waals surface area contributed by atoms with Crippen LogP contribution in [0.5, 0.6) is 0 Å². The van der Waals surface area contributed by atoms with Crippen LogP contribution in [-0.2, 0) is 0 Å². The summed E-state index contributed by atoms with van der Waals surface area (Å²) in [4.78, 5) is 10.3. The van der Waals surface area contributed by atoms with Crippen molar-refractivity contribution >= 4 is 0 Å². The Morgan fingerprint density at radius 2 is 0.564 bits per heavy atom. The van der Waals surface area contributed by atoms with Crippen LogP contribution in [0.4, 0.5) is 0 Å². The van der Waals surface area contributed by atoms with Gasteiger partial charge < -0.3 is 0 Å². The quantitative estimate of drug-likeness (QED) is 0.158. The van der Waals surface area contributed by atoms with Gasteiger partial charge in [-0.3, -0.25) is 0 Å². The summed E-state index contributed by atoms with van der Waals surface area (Å²) in [5, 5.41) is 0. The van der Waals surface area contributed by atoms with Gasteiger partial charge in [0.1, 0.15) is 0 Å². The van der Waals surface area contributed by atoms with Crippen molar-refractivity contribution in [2.24, 2.45) is 0 Å². The Morgan fingerprint density at radius 1 is 0.255 bits per heavy atom. The van der Waals surface area contributed by atoms with E-state index in [1.165, 1.54) is 38.9 Å². The molecule has 0 aliphatic rings. The third kappa shape index (κ3) is 6.90. The largest absolute Gasteiger partial charge is 0.228 e. The summed E-state index contributed by atoms with van der Waals surface area (Å²) in [6, 6.07) is 75.3. The van der Waals surface area contributed by atoms with Gasteiger partial charge in [-0.05, 0) is 86.8 Å². The van der Waals surface area contributed by atoms with E-state index in [1.54, 1.807) is 0 Å². The van der Waals surface area contributed by atoms with E-state index in [0.29, 0.717) is 5.82 Å². The SMILES string of the molecule is Cc1c(-c2ccccc2)nc(-c2ccccc2)nc1-c1cccc(-c2cccc(-c3cc(-c4ccccc4)c(-c4ccccc4)cc3-c3ccccc3)c2)c1. The van der Waals surface area contributed by atoms with Crippen LogP contribution in [0.25, 0.3) is 89.5 Å². The first-order valence-electron chi connectivity index (χ1n) is 18.7. The van der Waals surface area contributed by atoms with E-state index < -0.39 is 0 Å². The number of hydrogen-bond acceptors (Lipinski definition) is 2. The van der Waals surface area contributed by atoms with Gasteiger partial charge in [0, 0.05) is 22.3 Å². The second-order valence-electron chi connectivity index (χ2n) is 13.8. The Kier molecular flexibility index (Phi) is 9.22. The number of hydrogen-bond donors (Lipinski definition) is 0. The molecule has 2 heteroatoms. The molecule has 0 aliphatic heterocycles. The Morgan fingerprint density at radius 3 is 1.02 bits per heavy atom. The van der Waals surface area contributed by atoms with Crippen molar-refractivity contribution in [2.45, 2.75) is 6.92 Å². The lowest BCUT2D eigenvalue weighted by atomic mass is 9.85. The van der Waals surface area contributed by atoms with Crippen LogP contribution in [0, 0.1) is 6.92 Å². The molecule has 0 saturated carbocycles. The first kappa shape index (κ1) is 33.7. The molecule has 9 aromatic rings. The van der Waals surface area contributed by atoms with E-state index in [9.17, 15) is 0 Å². The van der Waals surface area contributed by atoms with Crippen LogP contribution in [0.3, 0.4) is 0 Å². The molecule has 1 aromatic heterocycles. The van der Waals surface area contributed by atoms with E-state index in [0.717, 1.165) is 50.3 Å². The highest BCUT2D eigenvalue weighted by Crippen LogP contribution is 2.43. The molecule has 8 aromatic carbocycles. The lowest BCUT2D eigenvalue weighted by Gasteiger charge is -2.19. The number of aromatic nitrogens is 2. The molecule has 260 valence electrons. The molecule has 0 fully saturated rings. The Balaban J connectivity index is 1.19. The maximum atomic E-state index is 5.20. The predicted molar refractivity (Wildman–Crippen MR) is 230 cm³/mol. The van der Waals surface area contributed by atoms with Crippen molar-refractivity contribution < 1.29 is 0 Å². The second-order valence-corrected chi connectivity index (χ2v) is 13.8. The molecular formula is C53H38N2. The Labute approximate surface area is 323 Å². The monoisotopic (exact) mass is 702 g/mol. The number of rotatable bonds is 8. The Hall–Kier alpha value is -7.16. The van der Waals surface area contributed by atoms with Gasteiger partial charge >= 0.3 is 0 Å². The maximum Gasteiger partial charge on any atom is 0.160 e. The molecule has 0 unspecified atom stereocenters. The maximum absolute atomic E-state index is 5.20. The van der Waals surface area contributed by atoms with Crippen LogP contribution < -0.4 is 0 Å². The molecule has 0 spiro atoms. The first-order chi connectivity index (χ1) is 27.2. The third-order valence-corrected chi connectivity index (χ3v) is 10.3. The molecule has 1 heterocycles. The number of benzene rings is 8. The zero-order chi connectivity index (χ0) is 37.0. The molecule has 0 radical (unpaired) electrons. The van der Waals surface area contributed by atoms with E-state index in [-0.39, 0.29) is 0 Å². The third-order valence-electron chi connectivity index (χ3n) is 10.3. The molecule has 0 amide bonds. The fourth-order valence-electron chi connectivity index (χ4n) is 7.51.